The molecule has 1 aromatic heterocycles. The molecule has 2 aliphatic heterocycles. The smallest absolute Gasteiger partial charge is 0.352 e. The standard InChI is InChI=1S/C11H13N7O4S2/c1-4(19)14-18-11(13-15-16-18)24-3-5-2-23-9-6(12)8(20)17(9)7(5)10(21)22/h6,9H,2-3,12H2,1H3,(H,14,19)(H,21,22)/t6-,9+/m1/s1. The SMILES string of the molecule is CC(=O)Nn1nnnc1SCC1=C(C(=O)O)N2C(=O)[C@@H](N)[C@@H]2SC1. The molecule has 0 bridgehead atoms. The Morgan fingerprint density at radius 2 is 2.29 bits per heavy atom. The molecule has 0 saturated carbocycles. The highest BCUT2D eigenvalue weighted by Gasteiger charge is 2.51. The van der Waals surface area contributed by atoms with Gasteiger partial charge in [-0.05, 0) is 16.0 Å². The van der Waals surface area contributed by atoms with E-state index in [1.54, 1.807) is 0 Å². The first kappa shape index (κ1) is 16.7. The van der Waals surface area contributed by atoms with Crippen LogP contribution in [-0.4, -0.2) is 71.0 Å². The van der Waals surface area contributed by atoms with Crippen molar-refractivity contribution < 1.29 is 19.5 Å². The minimum Gasteiger partial charge on any atom is -0.477 e. The van der Waals surface area contributed by atoms with E-state index in [0.29, 0.717) is 16.5 Å². The Kier molecular flexibility index (Phi) is 4.47. The number of hydrogen-bond acceptors (Lipinski definition) is 9. The van der Waals surface area contributed by atoms with Crippen LogP contribution in [0.15, 0.2) is 16.4 Å². The Morgan fingerprint density at radius 3 is 2.96 bits per heavy atom. The molecule has 11 nitrogen and oxygen atoms in total. The van der Waals surface area contributed by atoms with Gasteiger partial charge in [-0.1, -0.05) is 16.9 Å². The maximum absolute atomic E-state index is 11.9. The van der Waals surface area contributed by atoms with Crippen molar-refractivity contribution in [3.63, 3.8) is 0 Å². The molecule has 1 fully saturated rings. The molecule has 128 valence electrons. The zero-order chi connectivity index (χ0) is 17.4. The second-order valence-corrected chi connectivity index (χ2v) is 7.07. The van der Waals surface area contributed by atoms with Gasteiger partial charge >= 0.3 is 5.97 Å². The fourth-order valence-corrected chi connectivity index (χ4v) is 4.59. The lowest BCUT2D eigenvalue weighted by molar-refractivity contribution is -0.147. The molecule has 3 rings (SSSR count). The monoisotopic (exact) mass is 371 g/mol. The maximum Gasteiger partial charge on any atom is 0.352 e. The lowest BCUT2D eigenvalue weighted by Crippen LogP contribution is -2.68. The molecule has 4 N–H and O–H groups in total. The number of nitrogens with zero attached hydrogens (tertiary/aromatic N) is 5. The number of aliphatic carboxylic acids is 1. The normalized spacial score (nSPS) is 22.9. The number of nitrogens with two attached hydrogens (primary N) is 1. The zero-order valence-corrected chi connectivity index (χ0v) is 14.0. The van der Waals surface area contributed by atoms with Crippen LogP contribution in [0.25, 0.3) is 0 Å². The van der Waals surface area contributed by atoms with Crippen LogP contribution < -0.4 is 11.2 Å². The van der Waals surface area contributed by atoms with Gasteiger partial charge in [-0.2, -0.15) is 0 Å². The average molecular weight is 371 g/mol. The fraction of sp³-hybridized carbons (Fsp3) is 0.455. The predicted molar refractivity (Wildman–Crippen MR) is 84.3 cm³/mol. The largest absolute Gasteiger partial charge is 0.477 e. The summed E-state index contributed by atoms with van der Waals surface area (Å²) in [7, 11) is 0. The molecule has 24 heavy (non-hydrogen) atoms. The minimum absolute atomic E-state index is 0.0310. The number of carbonyl (C=O) groups is 3. The van der Waals surface area contributed by atoms with Crippen molar-refractivity contribution in [1.29, 1.82) is 0 Å². The molecule has 2 aliphatic rings. The number of hydrogen-bond donors (Lipinski definition) is 3. The van der Waals surface area contributed by atoms with Crippen LogP contribution in [0.4, 0.5) is 0 Å². The molecule has 13 heteroatoms. The van der Waals surface area contributed by atoms with Crippen LogP contribution in [0, 0.1) is 0 Å². The van der Waals surface area contributed by atoms with E-state index in [9.17, 15) is 19.5 Å². The van der Waals surface area contributed by atoms with Gasteiger partial charge < -0.3 is 10.8 Å². The number of tetrazole rings is 1. The molecule has 1 aromatic rings. The Hall–Kier alpha value is -2.12. The average Bonchev–Trinajstić information content (AvgIpc) is 2.97. The third-order valence-electron chi connectivity index (χ3n) is 3.37. The first-order chi connectivity index (χ1) is 11.4. The van der Waals surface area contributed by atoms with E-state index in [2.05, 4.69) is 21.0 Å². The van der Waals surface area contributed by atoms with Crippen LogP contribution in [0.2, 0.25) is 0 Å². The molecule has 0 spiro atoms. The number of rotatable bonds is 5. The second kappa shape index (κ2) is 6.41. The summed E-state index contributed by atoms with van der Waals surface area (Å²) in [6.45, 7) is 1.32. The number of nitrogens with one attached hydrogen (secondary N) is 1. The highest BCUT2D eigenvalue weighted by molar-refractivity contribution is 8.01. The van der Waals surface area contributed by atoms with Crippen molar-refractivity contribution in [1.82, 2.24) is 25.2 Å². The maximum atomic E-state index is 11.9. The number of carbonyl (C=O) groups excluding carboxylic acids is 2. The van der Waals surface area contributed by atoms with Crippen LogP contribution in [0.3, 0.4) is 0 Å². The van der Waals surface area contributed by atoms with Crippen LogP contribution >= 0.6 is 23.5 Å². The van der Waals surface area contributed by atoms with Crippen LogP contribution in [0.5, 0.6) is 0 Å². The fourth-order valence-electron chi connectivity index (χ4n) is 2.33. The summed E-state index contributed by atoms with van der Waals surface area (Å²) in [6, 6.07) is -0.661. The summed E-state index contributed by atoms with van der Waals surface area (Å²) in [4.78, 5) is 36.9. The van der Waals surface area contributed by atoms with E-state index >= 15 is 0 Å². The highest BCUT2D eigenvalue weighted by atomic mass is 32.2. The molecule has 0 aromatic carbocycles. The zero-order valence-electron chi connectivity index (χ0n) is 12.4. The van der Waals surface area contributed by atoms with Crippen LogP contribution in [-0.2, 0) is 14.4 Å². The Morgan fingerprint density at radius 1 is 1.54 bits per heavy atom. The Labute approximate surface area is 144 Å². The van der Waals surface area contributed by atoms with Gasteiger partial charge in [0.15, 0.2) is 0 Å². The summed E-state index contributed by atoms with van der Waals surface area (Å²) in [6.07, 6.45) is 0. The molecular weight excluding hydrogens is 358 g/mol. The molecule has 0 unspecified atom stereocenters. The van der Waals surface area contributed by atoms with Crippen molar-refractivity contribution in [2.24, 2.45) is 5.73 Å². The van der Waals surface area contributed by atoms with Crippen molar-refractivity contribution in [3.8, 4) is 0 Å². The third kappa shape index (κ3) is 2.85. The quantitative estimate of drug-likeness (QED) is 0.408. The van der Waals surface area contributed by atoms with E-state index in [0.717, 1.165) is 16.6 Å². The van der Waals surface area contributed by atoms with Gasteiger partial charge in [-0.15, -0.1) is 16.6 Å². The van der Waals surface area contributed by atoms with Crippen molar-refractivity contribution in [3.05, 3.63) is 11.3 Å². The van der Waals surface area contributed by atoms with Gasteiger partial charge in [0.25, 0.3) is 0 Å². The van der Waals surface area contributed by atoms with E-state index in [-0.39, 0.29) is 22.7 Å². The van der Waals surface area contributed by atoms with E-state index in [1.807, 2.05) is 0 Å². The summed E-state index contributed by atoms with van der Waals surface area (Å²) in [5.74, 6) is -1.20. The van der Waals surface area contributed by atoms with E-state index in [4.69, 9.17) is 5.73 Å². The first-order valence-electron chi connectivity index (χ1n) is 6.74. The van der Waals surface area contributed by atoms with Gasteiger partial charge in [-0.25, -0.2) is 10.2 Å². The number of carboxylic acid groups (broad SMARTS) is 1. The number of β-lactam (4-membered cyclic amide) rings is 1. The number of thioether (sulfide) groups is 2. The number of aromatic nitrogens is 4. The number of carboxylic acids is 1. The molecule has 3 heterocycles. The summed E-state index contributed by atoms with van der Waals surface area (Å²) >= 11 is 2.58. The predicted octanol–water partition coefficient (Wildman–Crippen LogP) is -1.56. The number of amides is 2. The molecule has 0 radical (unpaired) electrons. The van der Waals surface area contributed by atoms with Gasteiger partial charge in [0.2, 0.25) is 17.0 Å². The second-order valence-electron chi connectivity index (χ2n) is 5.02. The highest BCUT2D eigenvalue weighted by Crippen LogP contribution is 2.40. The van der Waals surface area contributed by atoms with Gasteiger partial charge in [0.05, 0.1) is 0 Å². The Bertz CT molecular complexity index is 748. The lowest BCUT2D eigenvalue weighted by Gasteiger charge is -2.48. The van der Waals surface area contributed by atoms with Gasteiger partial charge in [0.1, 0.15) is 17.1 Å². The molecule has 1 saturated heterocycles. The van der Waals surface area contributed by atoms with Crippen molar-refractivity contribution >= 4 is 41.3 Å². The number of fused-ring (bicyclic) bond motifs is 1. The summed E-state index contributed by atoms with van der Waals surface area (Å²) in [5.41, 5.74) is 8.66. The summed E-state index contributed by atoms with van der Waals surface area (Å²) in [5, 5.41) is 20.3. The topological polar surface area (TPSA) is 156 Å². The van der Waals surface area contributed by atoms with Gasteiger partial charge in [-0.3, -0.25) is 14.5 Å². The van der Waals surface area contributed by atoms with Gasteiger partial charge in [0, 0.05) is 18.4 Å². The molecular formula is C11H13N7O4S2. The third-order valence-corrected chi connectivity index (χ3v) is 5.74. The van der Waals surface area contributed by atoms with E-state index in [1.165, 1.54) is 23.6 Å². The van der Waals surface area contributed by atoms with Crippen molar-refractivity contribution in [2.45, 2.75) is 23.5 Å². The summed E-state index contributed by atoms with van der Waals surface area (Å²) < 4.78 is 0. The van der Waals surface area contributed by atoms with Crippen molar-refractivity contribution in [2.75, 3.05) is 16.9 Å². The van der Waals surface area contributed by atoms with Crippen LogP contribution in [0.1, 0.15) is 6.92 Å². The molecule has 2 amide bonds. The lowest BCUT2D eigenvalue weighted by atomic mass is 10.0. The van der Waals surface area contributed by atoms with E-state index < -0.39 is 17.9 Å². The molecule has 2 atom stereocenters. The minimum atomic E-state index is -1.17. The molecule has 0 aliphatic carbocycles. The first-order valence-corrected chi connectivity index (χ1v) is 8.78. The Balaban J connectivity index is 1.78.